The van der Waals surface area contributed by atoms with Crippen LogP contribution < -0.4 is 10.9 Å². The van der Waals surface area contributed by atoms with Crippen molar-refractivity contribution in [3.63, 3.8) is 0 Å². The van der Waals surface area contributed by atoms with Crippen LogP contribution >= 0.6 is 0 Å². The Bertz CT molecular complexity index is 1190. The van der Waals surface area contributed by atoms with Gasteiger partial charge in [-0.15, -0.1) is 0 Å². The Morgan fingerprint density at radius 3 is 2.25 bits per heavy atom. The average Bonchev–Trinajstić information content (AvgIpc) is 2.71. The lowest BCUT2D eigenvalue weighted by molar-refractivity contribution is -0.201. The zero-order valence-electron chi connectivity index (χ0n) is 16.5. The maximum atomic E-state index is 13.7. The average molecular weight is 453 g/mol. The van der Waals surface area contributed by atoms with Gasteiger partial charge in [0.2, 0.25) is 0 Å². The third kappa shape index (κ3) is 5.17. The van der Waals surface area contributed by atoms with Gasteiger partial charge in [0.25, 0.3) is 11.5 Å². The predicted molar refractivity (Wildman–Crippen MR) is 104 cm³/mol. The number of carbonyl (C=O) groups excluding carboxylic acids is 1. The highest BCUT2D eigenvalue weighted by atomic mass is 19.4. The van der Waals surface area contributed by atoms with Crippen LogP contribution in [0.5, 0.6) is 0 Å². The fourth-order valence-corrected chi connectivity index (χ4v) is 2.76. The van der Waals surface area contributed by atoms with Crippen LogP contribution in [0.1, 0.15) is 15.9 Å². The van der Waals surface area contributed by atoms with Gasteiger partial charge in [-0.3, -0.25) is 9.59 Å². The predicted octanol–water partition coefficient (Wildman–Crippen LogP) is 3.14. The fraction of sp³-hybridized carbons (Fsp3) is 0.190. The molecular formula is C21H16F5N3O3. The van der Waals surface area contributed by atoms with Gasteiger partial charge in [-0.25, -0.2) is 8.78 Å². The SMILES string of the molecule is Cc1ccc(-c2cc(C(=O)NC[C@H](O)C(F)(F)F)c(=O)n(-c3cc(F)cc(F)c3)n2)cc1. The van der Waals surface area contributed by atoms with Crippen molar-refractivity contribution in [2.45, 2.75) is 19.2 Å². The molecule has 0 aliphatic heterocycles. The monoisotopic (exact) mass is 453 g/mol. The Morgan fingerprint density at radius 1 is 1.09 bits per heavy atom. The summed E-state index contributed by atoms with van der Waals surface area (Å²) in [4.78, 5) is 25.3. The number of nitrogens with one attached hydrogen (secondary N) is 1. The minimum absolute atomic E-state index is 0.0517. The first-order chi connectivity index (χ1) is 15.0. The van der Waals surface area contributed by atoms with Gasteiger partial charge in [-0.2, -0.15) is 23.0 Å². The number of aromatic nitrogens is 2. The van der Waals surface area contributed by atoms with Gasteiger partial charge in [0.15, 0.2) is 6.10 Å². The number of benzene rings is 2. The van der Waals surface area contributed by atoms with Crippen LogP contribution in [0.3, 0.4) is 0 Å². The van der Waals surface area contributed by atoms with Crippen LogP contribution in [-0.2, 0) is 0 Å². The number of nitrogens with zero attached hydrogens (tertiary/aromatic N) is 2. The maximum absolute atomic E-state index is 13.7. The molecule has 1 aromatic heterocycles. The van der Waals surface area contributed by atoms with Crippen molar-refractivity contribution in [2.24, 2.45) is 0 Å². The lowest BCUT2D eigenvalue weighted by Crippen LogP contribution is -2.42. The van der Waals surface area contributed by atoms with E-state index in [9.17, 15) is 31.5 Å². The number of hydrogen-bond acceptors (Lipinski definition) is 4. The first-order valence-corrected chi connectivity index (χ1v) is 9.16. The van der Waals surface area contributed by atoms with Crippen LogP contribution in [-0.4, -0.2) is 39.6 Å². The molecule has 0 saturated heterocycles. The summed E-state index contributed by atoms with van der Waals surface area (Å²) in [5, 5.41) is 15.0. The van der Waals surface area contributed by atoms with E-state index >= 15 is 0 Å². The number of carbonyl (C=O) groups is 1. The van der Waals surface area contributed by atoms with Crippen LogP contribution in [0.15, 0.2) is 53.3 Å². The van der Waals surface area contributed by atoms with Gasteiger partial charge in [0.1, 0.15) is 17.2 Å². The van der Waals surface area contributed by atoms with Gasteiger partial charge < -0.3 is 10.4 Å². The van der Waals surface area contributed by atoms with E-state index in [0.29, 0.717) is 16.3 Å². The van der Waals surface area contributed by atoms with Gasteiger partial charge in [0.05, 0.1) is 17.9 Å². The minimum atomic E-state index is -4.97. The maximum Gasteiger partial charge on any atom is 0.416 e. The standard InChI is InChI=1S/C21H16F5N3O3/c1-11-2-4-12(5-3-11)17-9-16(19(31)27-10-18(30)21(24,25)26)20(32)29(28-17)15-7-13(22)6-14(23)8-15/h2-9,18,30H,10H2,1H3,(H,27,31)/t18-/m0/s1. The Morgan fingerprint density at radius 2 is 1.69 bits per heavy atom. The molecule has 0 bridgehead atoms. The summed E-state index contributed by atoms with van der Waals surface area (Å²) < 4.78 is 65.5. The Balaban J connectivity index is 2.11. The zero-order valence-corrected chi connectivity index (χ0v) is 16.5. The van der Waals surface area contributed by atoms with Crippen molar-refractivity contribution in [2.75, 3.05) is 6.54 Å². The summed E-state index contributed by atoms with van der Waals surface area (Å²) in [5.74, 6) is -3.23. The van der Waals surface area contributed by atoms with Gasteiger partial charge in [-0.05, 0) is 25.1 Å². The van der Waals surface area contributed by atoms with E-state index in [1.165, 1.54) is 0 Å². The molecule has 0 radical (unpaired) electrons. The third-order valence-corrected chi connectivity index (χ3v) is 4.43. The summed E-state index contributed by atoms with van der Waals surface area (Å²) >= 11 is 0. The number of halogens is 5. The lowest BCUT2D eigenvalue weighted by Gasteiger charge is -2.15. The molecule has 0 saturated carbocycles. The molecule has 168 valence electrons. The summed E-state index contributed by atoms with van der Waals surface area (Å²) in [5.41, 5.74) is -0.694. The Labute approximate surface area is 177 Å². The molecule has 2 N–H and O–H groups in total. The molecule has 0 unspecified atom stereocenters. The smallest absolute Gasteiger partial charge is 0.382 e. The van der Waals surface area contributed by atoms with E-state index in [2.05, 4.69) is 5.10 Å². The molecule has 6 nitrogen and oxygen atoms in total. The van der Waals surface area contributed by atoms with Crippen molar-refractivity contribution in [1.82, 2.24) is 15.1 Å². The molecule has 2 aromatic carbocycles. The normalized spacial score (nSPS) is 12.5. The second-order valence-electron chi connectivity index (χ2n) is 6.92. The second-order valence-corrected chi connectivity index (χ2v) is 6.92. The number of amides is 1. The van der Waals surface area contributed by atoms with E-state index in [1.807, 2.05) is 12.2 Å². The molecule has 0 fully saturated rings. The summed E-state index contributed by atoms with van der Waals surface area (Å²) in [6, 6.07) is 9.92. The molecule has 0 spiro atoms. The third-order valence-electron chi connectivity index (χ3n) is 4.43. The van der Waals surface area contributed by atoms with Crippen LogP contribution in [0, 0.1) is 18.6 Å². The largest absolute Gasteiger partial charge is 0.416 e. The van der Waals surface area contributed by atoms with E-state index in [1.54, 1.807) is 24.3 Å². The number of aliphatic hydroxyl groups is 1. The van der Waals surface area contributed by atoms with Crippen molar-refractivity contribution >= 4 is 5.91 Å². The quantitative estimate of drug-likeness (QED) is 0.582. The van der Waals surface area contributed by atoms with Gasteiger partial charge >= 0.3 is 6.18 Å². The molecular weight excluding hydrogens is 437 g/mol. The van der Waals surface area contributed by atoms with E-state index in [4.69, 9.17) is 5.11 Å². The molecule has 11 heteroatoms. The van der Waals surface area contributed by atoms with Gasteiger partial charge in [0, 0.05) is 11.6 Å². The summed E-state index contributed by atoms with van der Waals surface area (Å²) in [7, 11) is 0. The van der Waals surface area contributed by atoms with E-state index in [0.717, 1.165) is 23.8 Å². The highest BCUT2D eigenvalue weighted by Gasteiger charge is 2.38. The van der Waals surface area contributed by atoms with E-state index in [-0.39, 0.29) is 11.4 Å². The van der Waals surface area contributed by atoms with Crippen LogP contribution in [0.2, 0.25) is 0 Å². The summed E-state index contributed by atoms with van der Waals surface area (Å²) in [6.45, 7) is 0.622. The first kappa shape index (κ1) is 23.1. The molecule has 0 aliphatic rings. The minimum Gasteiger partial charge on any atom is -0.382 e. The van der Waals surface area contributed by atoms with E-state index < -0.39 is 47.5 Å². The Kier molecular flexibility index (Phi) is 6.40. The van der Waals surface area contributed by atoms with Crippen molar-refractivity contribution < 1.29 is 31.9 Å². The van der Waals surface area contributed by atoms with Crippen molar-refractivity contribution in [3.8, 4) is 16.9 Å². The van der Waals surface area contributed by atoms with Crippen molar-refractivity contribution in [3.05, 3.63) is 81.6 Å². The molecule has 1 amide bonds. The molecule has 1 heterocycles. The highest BCUT2D eigenvalue weighted by molar-refractivity contribution is 5.94. The Hall–Kier alpha value is -3.60. The number of aryl methyl sites for hydroxylation is 1. The van der Waals surface area contributed by atoms with Crippen molar-refractivity contribution in [1.29, 1.82) is 0 Å². The highest BCUT2D eigenvalue weighted by Crippen LogP contribution is 2.21. The van der Waals surface area contributed by atoms with Crippen LogP contribution in [0.4, 0.5) is 22.0 Å². The number of rotatable bonds is 5. The molecule has 1 atom stereocenters. The summed E-state index contributed by atoms with van der Waals surface area (Å²) in [6.07, 6.45) is -7.82. The molecule has 32 heavy (non-hydrogen) atoms. The number of aliphatic hydroxyl groups excluding tert-OH is 1. The second kappa shape index (κ2) is 8.87. The zero-order chi connectivity index (χ0) is 23.6. The van der Waals surface area contributed by atoms with Crippen LogP contribution in [0.25, 0.3) is 16.9 Å². The molecule has 3 rings (SSSR count). The lowest BCUT2D eigenvalue weighted by atomic mass is 10.1. The first-order valence-electron chi connectivity index (χ1n) is 9.16. The number of hydrogen-bond donors (Lipinski definition) is 2. The van der Waals surface area contributed by atoms with Gasteiger partial charge in [-0.1, -0.05) is 29.8 Å². The molecule has 3 aromatic rings. The molecule has 0 aliphatic carbocycles. The number of alkyl halides is 3. The topological polar surface area (TPSA) is 84.2 Å². The fourth-order valence-electron chi connectivity index (χ4n) is 2.76.